The fourth-order valence-corrected chi connectivity index (χ4v) is 3.91. The lowest BCUT2D eigenvalue weighted by molar-refractivity contribution is -0.0898. The van der Waals surface area contributed by atoms with Crippen LogP contribution < -0.4 is 5.32 Å². The molecule has 4 nitrogen and oxygen atoms in total. The molecule has 2 N–H and O–H groups in total. The maximum absolute atomic E-state index is 9.88. The van der Waals surface area contributed by atoms with Crippen molar-refractivity contribution in [3.8, 4) is 0 Å². The van der Waals surface area contributed by atoms with Gasteiger partial charge < -0.3 is 15.2 Å². The van der Waals surface area contributed by atoms with Crippen molar-refractivity contribution < 1.29 is 9.84 Å². The summed E-state index contributed by atoms with van der Waals surface area (Å²) in [6, 6.07) is 0.592. The number of hydrogen-bond donors (Lipinski definition) is 2. The van der Waals surface area contributed by atoms with E-state index in [-0.39, 0.29) is 12.1 Å². The molecule has 2 unspecified atom stereocenters. The van der Waals surface area contributed by atoms with Gasteiger partial charge in [0.05, 0.1) is 18.8 Å². The first-order chi connectivity index (χ1) is 9.58. The molecule has 4 atom stereocenters. The van der Waals surface area contributed by atoms with E-state index in [4.69, 9.17) is 4.74 Å². The molecule has 0 aromatic carbocycles. The van der Waals surface area contributed by atoms with E-state index < -0.39 is 0 Å². The molecule has 1 saturated carbocycles. The Kier molecular flexibility index (Phi) is 5.84. The average Bonchev–Trinajstić information content (AvgIpc) is 2.44. The number of aliphatic hydroxyl groups is 1. The molecular weight excluding hydrogens is 252 g/mol. The first-order valence-electron chi connectivity index (χ1n) is 8.34. The highest BCUT2D eigenvalue weighted by molar-refractivity contribution is 4.97. The van der Waals surface area contributed by atoms with Crippen molar-refractivity contribution in [2.45, 2.75) is 76.7 Å². The molecule has 1 saturated heterocycles. The Labute approximate surface area is 123 Å². The van der Waals surface area contributed by atoms with Crippen LogP contribution in [-0.4, -0.2) is 60.0 Å². The van der Waals surface area contributed by atoms with Gasteiger partial charge in [0.15, 0.2) is 0 Å². The normalized spacial score (nSPS) is 39.9. The summed E-state index contributed by atoms with van der Waals surface area (Å²) in [5.74, 6) is 0. The quantitative estimate of drug-likeness (QED) is 0.807. The molecule has 20 heavy (non-hydrogen) atoms. The van der Waals surface area contributed by atoms with Gasteiger partial charge in [-0.2, -0.15) is 0 Å². The van der Waals surface area contributed by atoms with Crippen LogP contribution in [0.25, 0.3) is 0 Å². The molecule has 2 aliphatic rings. The summed E-state index contributed by atoms with van der Waals surface area (Å²) < 4.78 is 5.84. The molecule has 4 heteroatoms. The number of hydrogen-bond acceptors (Lipinski definition) is 4. The van der Waals surface area contributed by atoms with Gasteiger partial charge in [-0.05, 0) is 52.5 Å². The average molecular weight is 284 g/mol. The molecule has 0 aromatic heterocycles. The summed E-state index contributed by atoms with van der Waals surface area (Å²) >= 11 is 0. The lowest BCUT2D eigenvalue weighted by Gasteiger charge is -2.47. The second kappa shape index (κ2) is 7.21. The Balaban J connectivity index is 1.98. The predicted octanol–water partition coefficient (Wildman–Crippen LogP) is 1.77. The van der Waals surface area contributed by atoms with E-state index in [1.165, 1.54) is 12.8 Å². The molecule has 0 spiro atoms. The third-order valence-corrected chi connectivity index (χ3v) is 4.84. The van der Waals surface area contributed by atoms with E-state index >= 15 is 0 Å². The predicted molar refractivity (Wildman–Crippen MR) is 81.9 cm³/mol. The summed E-state index contributed by atoms with van der Waals surface area (Å²) in [4.78, 5) is 2.59. The second-order valence-electron chi connectivity index (χ2n) is 6.83. The molecule has 0 amide bonds. The van der Waals surface area contributed by atoms with Gasteiger partial charge >= 0.3 is 0 Å². The molecule has 0 bridgehead atoms. The molecule has 118 valence electrons. The van der Waals surface area contributed by atoms with Crippen molar-refractivity contribution in [2.24, 2.45) is 0 Å². The standard InChI is InChI=1S/C16H32N2O2/c1-4-8-17-16(12-19)7-5-6-15(9-16)18-10-13(2)20-14(3)11-18/h13-15,17,19H,4-12H2,1-3H3/t13-,14+,15?,16?. The van der Waals surface area contributed by atoms with Gasteiger partial charge in [0.25, 0.3) is 0 Å². The number of nitrogens with one attached hydrogen (secondary N) is 1. The largest absolute Gasteiger partial charge is 0.394 e. The number of rotatable bonds is 5. The Morgan fingerprint density at radius 3 is 2.60 bits per heavy atom. The summed E-state index contributed by atoms with van der Waals surface area (Å²) in [6.45, 7) is 9.85. The molecule has 1 heterocycles. The fourth-order valence-electron chi connectivity index (χ4n) is 3.91. The number of ether oxygens (including phenoxy) is 1. The van der Waals surface area contributed by atoms with Crippen LogP contribution in [0.5, 0.6) is 0 Å². The van der Waals surface area contributed by atoms with Gasteiger partial charge in [0, 0.05) is 24.7 Å². The highest BCUT2D eigenvalue weighted by Gasteiger charge is 2.39. The molecule has 0 radical (unpaired) electrons. The van der Waals surface area contributed by atoms with E-state index in [0.717, 1.165) is 38.9 Å². The van der Waals surface area contributed by atoms with Crippen molar-refractivity contribution in [3.63, 3.8) is 0 Å². The molecule has 1 aliphatic carbocycles. The molecule has 0 aromatic rings. The SMILES string of the molecule is CCCNC1(CO)CCCC(N2C[C@@H](C)O[C@@H](C)C2)C1. The highest BCUT2D eigenvalue weighted by Crippen LogP contribution is 2.32. The number of aliphatic hydroxyl groups excluding tert-OH is 1. The number of nitrogens with zero attached hydrogens (tertiary/aromatic N) is 1. The van der Waals surface area contributed by atoms with E-state index in [1.54, 1.807) is 0 Å². The monoisotopic (exact) mass is 284 g/mol. The summed E-state index contributed by atoms with van der Waals surface area (Å²) in [5.41, 5.74) is -0.0519. The Bertz CT molecular complexity index is 290. The van der Waals surface area contributed by atoms with Crippen molar-refractivity contribution in [1.29, 1.82) is 0 Å². The van der Waals surface area contributed by atoms with Crippen molar-refractivity contribution in [1.82, 2.24) is 10.2 Å². The Hall–Kier alpha value is -0.160. The van der Waals surface area contributed by atoms with Gasteiger partial charge in [0.2, 0.25) is 0 Å². The lowest BCUT2D eigenvalue weighted by atomic mass is 9.78. The highest BCUT2D eigenvalue weighted by atomic mass is 16.5. The van der Waals surface area contributed by atoms with E-state index in [2.05, 4.69) is 31.0 Å². The zero-order valence-corrected chi connectivity index (χ0v) is 13.4. The topological polar surface area (TPSA) is 44.7 Å². The smallest absolute Gasteiger partial charge is 0.0678 e. The van der Waals surface area contributed by atoms with Crippen molar-refractivity contribution >= 4 is 0 Å². The summed E-state index contributed by atoms with van der Waals surface area (Å²) in [5, 5.41) is 13.5. The van der Waals surface area contributed by atoms with Crippen LogP contribution in [-0.2, 0) is 4.74 Å². The van der Waals surface area contributed by atoms with Crippen LogP contribution in [0.3, 0.4) is 0 Å². The summed E-state index contributed by atoms with van der Waals surface area (Å²) in [6.07, 6.45) is 6.42. The Morgan fingerprint density at radius 1 is 1.30 bits per heavy atom. The molecule has 1 aliphatic heterocycles. The minimum Gasteiger partial charge on any atom is -0.394 e. The molecular formula is C16H32N2O2. The van der Waals surface area contributed by atoms with E-state index in [1.807, 2.05) is 0 Å². The zero-order chi connectivity index (χ0) is 14.6. The maximum Gasteiger partial charge on any atom is 0.0678 e. The second-order valence-corrected chi connectivity index (χ2v) is 6.83. The van der Waals surface area contributed by atoms with Crippen LogP contribution in [0.2, 0.25) is 0 Å². The molecule has 2 fully saturated rings. The first-order valence-corrected chi connectivity index (χ1v) is 8.34. The van der Waals surface area contributed by atoms with Crippen molar-refractivity contribution in [2.75, 3.05) is 26.2 Å². The third kappa shape index (κ3) is 3.94. The fraction of sp³-hybridized carbons (Fsp3) is 1.00. The van der Waals surface area contributed by atoms with Crippen LogP contribution in [0.4, 0.5) is 0 Å². The van der Waals surface area contributed by atoms with Gasteiger partial charge in [0.1, 0.15) is 0 Å². The van der Waals surface area contributed by atoms with Crippen LogP contribution in [0.1, 0.15) is 52.9 Å². The van der Waals surface area contributed by atoms with Crippen LogP contribution in [0, 0.1) is 0 Å². The van der Waals surface area contributed by atoms with Gasteiger partial charge in [-0.1, -0.05) is 6.92 Å². The number of morpholine rings is 1. The van der Waals surface area contributed by atoms with Crippen LogP contribution in [0.15, 0.2) is 0 Å². The minimum absolute atomic E-state index is 0.0519. The van der Waals surface area contributed by atoms with Gasteiger partial charge in [-0.15, -0.1) is 0 Å². The maximum atomic E-state index is 9.88. The lowest BCUT2D eigenvalue weighted by Crippen LogP contribution is -2.58. The Morgan fingerprint density at radius 2 is 2.00 bits per heavy atom. The van der Waals surface area contributed by atoms with Gasteiger partial charge in [-0.3, -0.25) is 4.90 Å². The summed E-state index contributed by atoms with van der Waals surface area (Å²) in [7, 11) is 0. The van der Waals surface area contributed by atoms with E-state index in [9.17, 15) is 5.11 Å². The molecule has 2 rings (SSSR count). The van der Waals surface area contributed by atoms with Gasteiger partial charge in [-0.25, -0.2) is 0 Å². The zero-order valence-electron chi connectivity index (χ0n) is 13.4. The minimum atomic E-state index is -0.0519. The first kappa shape index (κ1) is 16.2. The van der Waals surface area contributed by atoms with E-state index in [0.29, 0.717) is 18.2 Å². The van der Waals surface area contributed by atoms with Crippen LogP contribution >= 0.6 is 0 Å². The third-order valence-electron chi connectivity index (χ3n) is 4.84. The van der Waals surface area contributed by atoms with Crippen molar-refractivity contribution in [3.05, 3.63) is 0 Å².